The van der Waals surface area contributed by atoms with Gasteiger partial charge < -0.3 is 15.0 Å². The Morgan fingerprint density at radius 3 is 2.61 bits per heavy atom. The molecule has 1 fully saturated rings. The Labute approximate surface area is 163 Å². The molecule has 1 aliphatic rings. The van der Waals surface area contributed by atoms with Crippen molar-refractivity contribution in [2.45, 2.75) is 6.42 Å². The maximum absolute atomic E-state index is 13.1. The maximum Gasteiger partial charge on any atom is 0.253 e. The van der Waals surface area contributed by atoms with Crippen molar-refractivity contribution in [2.24, 2.45) is 0 Å². The number of carbonyl (C=O) groups is 2. The van der Waals surface area contributed by atoms with Gasteiger partial charge in [-0.05, 0) is 42.8 Å². The number of hydrogen-bond acceptors (Lipinski definition) is 4. The van der Waals surface area contributed by atoms with Gasteiger partial charge in [-0.15, -0.1) is 0 Å². The van der Waals surface area contributed by atoms with Crippen LogP contribution in [0, 0.1) is 5.82 Å². The molecule has 0 spiro atoms. The number of nitrogens with zero attached hydrogens (tertiary/aromatic N) is 2. The van der Waals surface area contributed by atoms with Crippen molar-refractivity contribution in [1.29, 1.82) is 0 Å². The van der Waals surface area contributed by atoms with Gasteiger partial charge in [-0.25, -0.2) is 4.39 Å². The summed E-state index contributed by atoms with van der Waals surface area (Å²) in [6.07, 6.45) is 0.777. The van der Waals surface area contributed by atoms with E-state index < -0.39 is 0 Å². The van der Waals surface area contributed by atoms with E-state index in [-0.39, 0.29) is 24.2 Å². The van der Waals surface area contributed by atoms with Gasteiger partial charge in [-0.3, -0.25) is 14.5 Å². The van der Waals surface area contributed by atoms with E-state index in [1.807, 2.05) is 23.1 Å². The molecule has 0 radical (unpaired) electrons. The predicted molar refractivity (Wildman–Crippen MR) is 105 cm³/mol. The quantitative estimate of drug-likeness (QED) is 0.860. The van der Waals surface area contributed by atoms with Crippen molar-refractivity contribution in [3.05, 3.63) is 59.9 Å². The number of benzene rings is 2. The largest absolute Gasteiger partial charge is 0.497 e. The van der Waals surface area contributed by atoms with Crippen molar-refractivity contribution < 1.29 is 18.7 Å². The van der Waals surface area contributed by atoms with Crippen molar-refractivity contribution in [3.8, 4) is 5.75 Å². The fourth-order valence-corrected chi connectivity index (χ4v) is 3.21. The van der Waals surface area contributed by atoms with Crippen LogP contribution in [-0.4, -0.2) is 61.4 Å². The number of carbonyl (C=O) groups excluding carboxylic acids is 2. The Hall–Kier alpha value is -2.93. The third-order valence-corrected chi connectivity index (χ3v) is 4.69. The second kappa shape index (κ2) is 9.32. The van der Waals surface area contributed by atoms with E-state index in [0.29, 0.717) is 36.6 Å². The summed E-state index contributed by atoms with van der Waals surface area (Å²) in [5.74, 6) is 0.109. The Kier molecular flexibility index (Phi) is 6.60. The van der Waals surface area contributed by atoms with Gasteiger partial charge >= 0.3 is 0 Å². The van der Waals surface area contributed by atoms with Crippen LogP contribution in [0.1, 0.15) is 16.8 Å². The average Bonchev–Trinajstić information content (AvgIpc) is 2.93. The van der Waals surface area contributed by atoms with Gasteiger partial charge in [0, 0.05) is 43.5 Å². The molecule has 0 bridgehead atoms. The lowest BCUT2D eigenvalue weighted by molar-refractivity contribution is -0.117. The minimum Gasteiger partial charge on any atom is -0.497 e. The Morgan fingerprint density at radius 1 is 1.07 bits per heavy atom. The summed E-state index contributed by atoms with van der Waals surface area (Å²) in [4.78, 5) is 28.7. The van der Waals surface area contributed by atoms with Gasteiger partial charge in [-0.1, -0.05) is 6.07 Å². The minimum atomic E-state index is -0.361. The first-order valence-corrected chi connectivity index (χ1v) is 9.26. The van der Waals surface area contributed by atoms with E-state index in [1.165, 1.54) is 24.3 Å². The molecule has 148 valence electrons. The van der Waals surface area contributed by atoms with Crippen LogP contribution in [0.15, 0.2) is 48.5 Å². The van der Waals surface area contributed by atoms with Crippen LogP contribution in [0.5, 0.6) is 5.75 Å². The molecule has 3 rings (SSSR count). The second-order valence-electron chi connectivity index (χ2n) is 6.71. The van der Waals surface area contributed by atoms with Crippen LogP contribution in [0.25, 0.3) is 0 Å². The second-order valence-corrected chi connectivity index (χ2v) is 6.71. The number of methoxy groups -OCH3 is 1. The molecule has 0 aromatic heterocycles. The van der Waals surface area contributed by atoms with E-state index in [2.05, 4.69) is 5.32 Å². The molecule has 0 saturated carbocycles. The monoisotopic (exact) mass is 385 g/mol. The maximum atomic E-state index is 13.1. The Morgan fingerprint density at radius 2 is 1.86 bits per heavy atom. The van der Waals surface area contributed by atoms with E-state index in [1.54, 1.807) is 18.1 Å². The van der Waals surface area contributed by atoms with Gasteiger partial charge in [-0.2, -0.15) is 0 Å². The van der Waals surface area contributed by atoms with Crippen LogP contribution < -0.4 is 10.1 Å². The molecule has 1 aliphatic heterocycles. The van der Waals surface area contributed by atoms with E-state index in [4.69, 9.17) is 4.74 Å². The zero-order chi connectivity index (χ0) is 19.9. The van der Waals surface area contributed by atoms with Crippen LogP contribution in [0.2, 0.25) is 0 Å². The molecule has 1 heterocycles. The molecular formula is C21H24FN3O3. The summed E-state index contributed by atoms with van der Waals surface area (Å²) in [5, 5.41) is 2.87. The van der Waals surface area contributed by atoms with Crippen LogP contribution in [-0.2, 0) is 4.79 Å². The summed E-state index contributed by atoms with van der Waals surface area (Å²) in [6.45, 7) is 2.75. The first-order chi connectivity index (χ1) is 13.5. The highest BCUT2D eigenvalue weighted by Crippen LogP contribution is 2.17. The first kappa shape index (κ1) is 19.8. The molecule has 2 aromatic carbocycles. The van der Waals surface area contributed by atoms with Gasteiger partial charge in [0.1, 0.15) is 11.6 Å². The molecule has 28 heavy (non-hydrogen) atoms. The highest BCUT2D eigenvalue weighted by molar-refractivity contribution is 5.94. The van der Waals surface area contributed by atoms with Gasteiger partial charge in [0.2, 0.25) is 5.91 Å². The van der Waals surface area contributed by atoms with E-state index in [9.17, 15) is 14.0 Å². The molecule has 0 unspecified atom stereocenters. The van der Waals surface area contributed by atoms with E-state index >= 15 is 0 Å². The summed E-state index contributed by atoms with van der Waals surface area (Å²) in [6, 6.07) is 12.8. The lowest BCUT2D eigenvalue weighted by Crippen LogP contribution is -2.38. The Bertz CT molecular complexity index is 826. The van der Waals surface area contributed by atoms with E-state index in [0.717, 1.165) is 13.0 Å². The van der Waals surface area contributed by atoms with Gasteiger partial charge in [0.05, 0.1) is 13.7 Å². The standard InChI is InChI=1S/C21H24FN3O3/c1-28-19-5-2-4-18(14-19)23-20(26)15-24-10-3-11-25(13-12-24)21(27)16-6-8-17(22)9-7-16/h2,4-9,14H,3,10-13,15H2,1H3,(H,23,26). The van der Waals surface area contributed by atoms with Crippen LogP contribution in [0.4, 0.5) is 10.1 Å². The average molecular weight is 385 g/mol. The summed E-state index contributed by atoms with van der Waals surface area (Å²) >= 11 is 0. The molecular weight excluding hydrogens is 361 g/mol. The lowest BCUT2D eigenvalue weighted by atomic mass is 10.2. The molecule has 1 saturated heterocycles. The molecule has 6 nitrogen and oxygen atoms in total. The summed E-state index contributed by atoms with van der Waals surface area (Å²) in [5.41, 5.74) is 1.16. The zero-order valence-corrected chi connectivity index (χ0v) is 15.9. The molecule has 7 heteroatoms. The van der Waals surface area contributed by atoms with Gasteiger partial charge in [0.25, 0.3) is 5.91 Å². The summed E-state index contributed by atoms with van der Waals surface area (Å²) < 4.78 is 18.2. The highest BCUT2D eigenvalue weighted by atomic mass is 19.1. The van der Waals surface area contributed by atoms with Crippen LogP contribution >= 0.6 is 0 Å². The van der Waals surface area contributed by atoms with Gasteiger partial charge in [0.15, 0.2) is 0 Å². The lowest BCUT2D eigenvalue weighted by Gasteiger charge is -2.22. The molecule has 1 N–H and O–H groups in total. The number of hydrogen-bond donors (Lipinski definition) is 1. The number of amides is 2. The zero-order valence-electron chi connectivity index (χ0n) is 15.9. The minimum absolute atomic E-state index is 0.105. The third-order valence-electron chi connectivity index (χ3n) is 4.69. The topological polar surface area (TPSA) is 61.9 Å². The normalized spacial score (nSPS) is 15.0. The Balaban J connectivity index is 1.52. The fraction of sp³-hybridized carbons (Fsp3) is 0.333. The number of nitrogens with one attached hydrogen (secondary N) is 1. The highest BCUT2D eigenvalue weighted by Gasteiger charge is 2.21. The number of rotatable bonds is 5. The van der Waals surface area contributed by atoms with Crippen molar-refractivity contribution in [3.63, 3.8) is 0 Å². The van der Waals surface area contributed by atoms with Crippen molar-refractivity contribution >= 4 is 17.5 Å². The number of anilines is 1. The first-order valence-electron chi connectivity index (χ1n) is 9.26. The molecule has 0 atom stereocenters. The molecule has 0 aliphatic carbocycles. The third kappa shape index (κ3) is 5.29. The predicted octanol–water partition coefficient (Wildman–Crippen LogP) is 2.62. The molecule has 2 aromatic rings. The number of halogens is 1. The smallest absolute Gasteiger partial charge is 0.253 e. The SMILES string of the molecule is COc1cccc(NC(=O)CN2CCCN(C(=O)c3ccc(F)cc3)CC2)c1. The molecule has 2 amide bonds. The fourth-order valence-electron chi connectivity index (χ4n) is 3.21. The van der Waals surface area contributed by atoms with Crippen molar-refractivity contribution in [2.75, 3.05) is 45.2 Å². The number of ether oxygens (including phenoxy) is 1. The van der Waals surface area contributed by atoms with Crippen LogP contribution in [0.3, 0.4) is 0 Å². The summed E-state index contributed by atoms with van der Waals surface area (Å²) in [7, 11) is 1.58. The van der Waals surface area contributed by atoms with Crippen molar-refractivity contribution in [1.82, 2.24) is 9.80 Å².